The van der Waals surface area contributed by atoms with Gasteiger partial charge in [-0.15, -0.1) is 0 Å². The van der Waals surface area contributed by atoms with Crippen LogP contribution in [0.5, 0.6) is 0 Å². The van der Waals surface area contributed by atoms with Gasteiger partial charge in [-0.05, 0) is 85.6 Å². The lowest BCUT2D eigenvalue weighted by molar-refractivity contribution is 0.660. The summed E-state index contributed by atoms with van der Waals surface area (Å²) < 4.78 is 0. The van der Waals surface area contributed by atoms with E-state index >= 15 is 0 Å². The highest BCUT2D eigenvalue weighted by Crippen LogP contribution is 2.49. The quantitative estimate of drug-likeness (QED) is 0.175. The molecule has 198 valence electrons. The zero-order valence-electron chi connectivity index (χ0n) is 23.4. The topological polar surface area (TPSA) is 38.4 Å². The Balaban J connectivity index is 1.39. The van der Waals surface area contributed by atoms with Crippen molar-refractivity contribution >= 4 is 28.4 Å². The van der Waals surface area contributed by atoms with Crippen molar-refractivity contribution in [2.75, 3.05) is 5.73 Å². The minimum atomic E-state index is -0.0151. The van der Waals surface area contributed by atoms with E-state index in [1.807, 2.05) is 36.5 Å². The van der Waals surface area contributed by atoms with E-state index in [4.69, 9.17) is 10.7 Å². The number of nitrogens with zero attached hydrogens (tertiary/aromatic N) is 1. The number of benzene rings is 6. The lowest BCUT2D eigenvalue weighted by atomic mass is 9.82. The molecule has 0 heterocycles. The normalized spacial score (nSPS) is 13.4. The molecule has 0 saturated heterocycles. The Labute approximate surface area is 241 Å². The summed E-state index contributed by atoms with van der Waals surface area (Å²) in [5.41, 5.74) is 19.7. The first kappa shape index (κ1) is 25.0. The Hall–Kier alpha value is -4.95. The average molecular weight is 529 g/mol. The third kappa shape index (κ3) is 4.33. The number of anilines is 1. The third-order valence-electron chi connectivity index (χ3n) is 8.57. The lowest BCUT2D eigenvalue weighted by Gasteiger charge is -2.21. The van der Waals surface area contributed by atoms with Gasteiger partial charge in [0.1, 0.15) is 0 Å². The van der Waals surface area contributed by atoms with E-state index in [0.717, 1.165) is 33.6 Å². The molecule has 2 nitrogen and oxygen atoms in total. The summed E-state index contributed by atoms with van der Waals surface area (Å²) in [5.74, 6) is 0. The van der Waals surface area contributed by atoms with Crippen LogP contribution >= 0.6 is 0 Å². The molecule has 0 bridgehead atoms. The van der Waals surface area contributed by atoms with Crippen LogP contribution in [0.1, 0.15) is 30.5 Å². The number of hydrogen-bond acceptors (Lipinski definition) is 2. The molecular formula is C39H32N2. The second-order valence-corrected chi connectivity index (χ2v) is 11.4. The van der Waals surface area contributed by atoms with Gasteiger partial charge in [0.15, 0.2) is 0 Å². The van der Waals surface area contributed by atoms with Crippen molar-refractivity contribution in [3.63, 3.8) is 0 Å². The van der Waals surface area contributed by atoms with Gasteiger partial charge in [-0.25, -0.2) is 0 Å². The molecule has 0 radical (unpaired) electrons. The van der Waals surface area contributed by atoms with Crippen molar-refractivity contribution in [2.45, 2.75) is 25.7 Å². The molecule has 6 aromatic carbocycles. The van der Waals surface area contributed by atoms with Crippen LogP contribution in [0.25, 0.3) is 44.2 Å². The maximum absolute atomic E-state index is 6.96. The Morgan fingerprint density at radius 2 is 1.29 bits per heavy atom. The van der Waals surface area contributed by atoms with Gasteiger partial charge in [-0.1, -0.05) is 111 Å². The molecule has 0 aromatic heterocycles. The second-order valence-electron chi connectivity index (χ2n) is 11.4. The first-order valence-electron chi connectivity index (χ1n) is 14.2. The monoisotopic (exact) mass is 528 g/mol. The smallest absolute Gasteiger partial charge is 0.0625 e. The standard InChI is InChI=1S/C39H32N2/c1-39(2)36-18-9-8-16-33(36)34-24-27(19-20-37(34)39)29-23-28(21-22-41-30-13-4-3-5-14-30)38(40)35(25-29)32-17-10-12-26-11-6-7-15-31(26)32/h3-20,22-25H,21,40H2,1-2H3/b41-22-. The molecular weight excluding hydrogens is 496 g/mol. The average Bonchev–Trinajstić information content (AvgIpc) is 3.24. The van der Waals surface area contributed by atoms with Gasteiger partial charge in [0.2, 0.25) is 0 Å². The van der Waals surface area contributed by atoms with Crippen LogP contribution < -0.4 is 5.73 Å². The zero-order chi connectivity index (χ0) is 28.0. The highest BCUT2D eigenvalue weighted by Gasteiger charge is 2.35. The van der Waals surface area contributed by atoms with Crippen LogP contribution in [-0.4, -0.2) is 6.21 Å². The van der Waals surface area contributed by atoms with Crippen LogP contribution in [-0.2, 0) is 11.8 Å². The highest BCUT2D eigenvalue weighted by atomic mass is 14.7. The number of fused-ring (bicyclic) bond motifs is 4. The van der Waals surface area contributed by atoms with Crippen LogP contribution in [0.3, 0.4) is 0 Å². The van der Waals surface area contributed by atoms with Gasteiger partial charge in [-0.2, -0.15) is 0 Å². The van der Waals surface area contributed by atoms with Crippen molar-refractivity contribution in [3.05, 3.63) is 144 Å². The fraction of sp³-hybridized carbons (Fsp3) is 0.103. The highest BCUT2D eigenvalue weighted by molar-refractivity contribution is 6.01. The number of nitrogens with two attached hydrogens (primary N) is 1. The Kier molecular flexibility index (Phi) is 6.05. The van der Waals surface area contributed by atoms with Gasteiger partial charge < -0.3 is 5.73 Å². The Morgan fingerprint density at radius 1 is 0.610 bits per heavy atom. The molecule has 0 aliphatic heterocycles. The van der Waals surface area contributed by atoms with Crippen LogP contribution in [0.4, 0.5) is 11.4 Å². The van der Waals surface area contributed by atoms with Crippen LogP contribution in [0.2, 0.25) is 0 Å². The minimum absolute atomic E-state index is 0.0151. The van der Waals surface area contributed by atoms with Crippen molar-refractivity contribution in [1.29, 1.82) is 0 Å². The van der Waals surface area contributed by atoms with Gasteiger partial charge in [0.05, 0.1) is 5.69 Å². The first-order valence-corrected chi connectivity index (χ1v) is 14.2. The molecule has 0 fully saturated rings. The van der Waals surface area contributed by atoms with Crippen molar-refractivity contribution in [3.8, 4) is 33.4 Å². The summed E-state index contributed by atoms with van der Waals surface area (Å²) in [6.45, 7) is 4.65. The van der Waals surface area contributed by atoms with Crippen LogP contribution in [0, 0.1) is 0 Å². The predicted octanol–water partition coefficient (Wildman–Crippen LogP) is 10.0. The number of aliphatic imine (C=N–C) groups is 1. The maximum atomic E-state index is 6.96. The molecule has 0 unspecified atom stereocenters. The van der Waals surface area contributed by atoms with E-state index in [9.17, 15) is 0 Å². The van der Waals surface area contributed by atoms with E-state index in [0.29, 0.717) is 6.42 Å². The van der Waals surface area contributed by atoms with Gasteiger partial charge in [0.25, 0.3) is 0 Å². The van der Waals surface area contributed by atoms with Gasteiger partial charge in [0, 0.05) is 29.3 Å². The molecule has 41 heavy (non-hydrogen) atoms. The summed E-state index contributed by atoms with van der Waals surface area (Å²) in [5, 5.41) is 2.41. The molecule has 7 rings (SSSR count). The van der Waals surface area contributed by atoms with Crippen molar-refractivity contribution in [2.24, 2.45) is 4.99 Å². The first-order chi connectivity index (χ1) is 20.0. The molecule has 0 atom stereocenters. The molecule has 0 saturated carbocycles. The fourth-order valence-corrected chi connectivity index (χ4v) is 6.40. The maximum Gasteiger partial charge on any atom is 0.0625 e. The van der Waals surface area contributed by atoms with Crippen LogP contribution in [0.15, 0.2) is 132 Å². The molecule has 6 aromatic rings. The van der Waals surface area contributed by atoms with Crippen molar-refractivity contribution in [1.82, 2.24) is 0 Å². The van der Waals surface area contributed by atoms with Crippen molar-refractivity contribution < 1.29 is 0 Å². The number of nitrogen functional groups attached to an aromatic ring is 1. The van der Waals surface area contributed by atoms with Gasteiger partial charge in [-0.3, -0.25) is 4.99 Å². The van der Waals surface area contributed by atoms with E-state index in [-0.39, 0.29) is 5.41 Å². The summed E-state index contributed by atoms with van der Waals surface area (Å²) in [4.78, 5) is 4.71. The fourth-order valence-electron chi connectivity index (χ4n) is 6.40. The largest absolute Gasteiger partial charge is 0.398 e. The molecule has 2 N–H and O–H groups in total. The molecule has 0 amide bonds. The lowest BCUT2D eigenvalue weighted by Crippen LogP contribution is -2.14. The third-order valence-corrected chi connectivity index (χ3v) is 8.57. The SMILES string of the molecule is CC1(C)c2ccccc2-c2cc(-c3cc(C/C=N\c4ccccc4)c(N)c(-c4cccc5ccccc45)c3)ccc21. The predicted molar refractivity (Wildman–Crippen MR) is 175 cm³/mol. The Bertz CT molecular complexity index is 1940. The molecule has 1 aliphatic carbocycles. The van der Waals surface area contributed by atoms with Gasteiger partial charge >= 0.3 is 0 Å². The minimum Gasteiger partial charge on any atom is -0.398 e. The molecule has 2 heteroatoms. The van der Waals surface area contributed by atoms with E-state index in [2.05, 4.69) is 111 Å². The molecule has 0 spiro atoms. The van der Waals surface area contributed by atoms with E-state index in [1.54, 1.807) is 0 Å². The molecule has 1 aliphatic rings. The summed E-state index contributed by atoms with van der Waals surface area (Å²) in [6, 6.07) is 45.3. The summed E-state index contributed by atoms with van der Waals surface area (Å²) in [6.07, 6.45) is 2.62. The van der Waals surface area contributed by atoms with E-state index in [1.165, 1.54) is 38.6 Å². The second kappa shape index (κ2) is 9.91. The number of rotatable bonds is 5. The summed E-state index contributed by atoms with van der Waals surface area (Å²) >= 11 is 0. The number of hydrogen-bond donors (Lipinski definition) is 1. The summed E-state index contributed by atoms with van der Waals surface area (Å²) in [7, 11) is 0. The zero-order valence-corrected chi connectivity index (χ0v) is 23.4. The van der Waals surface area contributed by atoms with E-state index < -0.39 is 0 Å². The number of para-hydroxylation sites is 1. The Morgan fingerprint density at radius 3 is 2.17 bits per heavy atom.